The summed E-state index contributed by atoms with van der Waals surface area (Å²) < 4.78 is 5.24. The Morgan fingerprint density at radius 2 is 2.12 bits per heavy atom. The van der Waals surface area contributed by atoms with Crippen molar-refractivity contribution in [1.29, 1.82) is 0 Å². The van der Waals surface area contributed by atoms with Crippen LogP contribution in [0.15, 0.2) is 28.8 Å². The van der Waals surface area contributed by atoms with Crippen LogP contribution >= 0.6 is 0 Å². The molecule has 0 fully saturated rings. The molecule has 0 aliphatic heterocycles. The Morgan fingerprint density at radius 3 is 2.88 bits per heavy atom. The second kappa shape index (κ2) is 6.47. The minimum Gasteiger partial charge on any atom is -0.361 e. The molecule has 0 bridgehead atoms. The topological polar surface area (TPSA) is 75.0 Å². The summed E-state index contributed by atoms with van der Waals surface area (Å²) in [5, 5.41) is 3.89. The van der Waals surface area contributed by atoms with E-state index < -0.39 is 0 Å². The Morgan fingerprint density at radius 1 is 1.33 bits per heavy atom. The zero-order valence-electron chi connectivity index (χ0n) is 14.5. The number of rotatable bonds is 5. The van der Waals surface area contributed by atoms with Crippen LogP contribution in [0.5, 0.6) is 0 Å². The van der Waals surface area contributed by atoms with Crippen LogP contribution in [0.25, 0.3) is 11.0 Å². The summed E-state index contributed by atoms with van der Waals surface area (Å²) in [5.74, 6) is 1.77. The molecule has 0 saturated heterocycles. The average molecular weight is 326 g/mol. The molecule has 0 aliphatic rings. The summed E-state index contributed by atoms with van der Waals surface area (Å²) in [7, 11) is 1.73. The predicted molar refractivity (Wildman–Crippen MR) is 91.7 cm³/mol. The minimum atomic E-state index is -0.176. The number of amides is 1. The van der Waals surface area contributed by atoms with Crippen LogP contribution in [-0.4, -0.2) is 33.0 Å². The van der Waals surface area contributed by atoms with Gasteiger partial charge in [0.2, 0.25) is 0 Å². The van der Waals surface area contributed by atoms with Crippen LogP contribution in [0.3, 0.4) is 0 Å². The van der Waals surface area contributed by atoms with Crippen LogP contribution in [-0.2, 0) is 13.0 Å². The lowest BCUT2D eigenvalue weighted by Crippen LogP contribution is -2.27. The van der Waals surface area contributed by atoms with Crippen molar-refractivity contribution in [3.63, 3.8) is 0 Å². The van der Waals surface area contributed by atoms with Gasteiger partial charge in [0.25, 0.3) is 5.91 Å². The molecule has 0 atom stereocenters. The normalized spacial score (nSPS) is 11.4. The molecule has 1 aromatic carbocycles. The van der Waals surface area contributed by atoms with Crippen molar-refractivity contribution in [2.24, 2.45) is 5.92 Å². The van der Waals surface area contributed by atoms with Crippen LogP contribution in [0.1, 0.15) is 41.5 Å². The van der Waals surface area contributed by atoms with Crippen molar-refractivity contribution in [1.82, 2.24) is 20.0 Å². The summed E-state index contributed by atoms with van der Waals surface area (Å²) in [5.41, 5.74) is 3.38. The maximum absolute atomic E-state index is 12.5. The third-order valence-electron chi connectivity index (χ3n) is 3.81. The largest absolute Gasteiger partial charge is 0.361 e. The van der Waals surface area contributed by atoms with Crippen molar-refractivity contribution in [3.05, 3.63) is 47.1 Å². The second-order valence-electron chi connectivity index (χ2n) is 6.64. The molecule has 0 unspecified atom stereocenters. The van der Waals surface area contributed by atoms with Gasteiger partial charge in [0.05, 0.1) is 17.6 Å². The zero-order chi connectivity index (χ0) is 17.3. The molecular weight excluding hydrogens is 304 g/mol. The molecule has 6 nitrogen and oxygen atoms in total. The highest BCUT2D eigenvalue weighted by molar-refractivity contribution is 5.92. The van der Waals surface area contributed by atoms with Crippen molar-refractivity contribution in [2.45, 2.75) is 33.7 Å². The first-order valence-corrected chi connectivity index (χ1v) is 8.08. The Balaban J connectivity index is 1.71. The molecule has 3 aromatic rings. The van der Waals surface area contributed by atoms with Gasteiger partial charge in [-0.2, -0.15) is 0 Å². The SMILES string of the molecule is Cc1ccc2nc(CN(C)C(=O)c3cc(CC(C)C)on3)[nH]c2c1. The molecule has 2 aromatic heterocycles. The molecule has 24 heavy (non-hydrogen) atoms. The van der Waals surface area contributed by atoms with Crippen LogP contribution in [0.4, 0.5) is 0 Å². The average Bonchev–Trinajstić information content (AvgIpc) is 3.11. The predicted octanol–water partition coefficient (Wildman–Crippen LogP) is 3.33. The molecule has 0 radical (unpaired) electrons. The van der Waals surface area contributed by atoms with E-state index in [-0.39, 0.29) is 5.91 Å². The van der Waals surface area contributed by atoms with Crippen molar-refractivity contribution >= 4 is 16.9 Å². The number of hydrogen-bond donors (Lipinski definition) is 1. The zero-order valence-corrected chi connectivity index (χ0v) is 14.5. The number of benzene rings is 1. The smallest absolute Gasteiger partial charge is 0.276 e. The highest BCUT2D eigenvalue weighted by Crippen LogP contribution is 2.15. The lowest BCUT2D eigenvalue weighted by atomic mass is 10.1. The fourth-order valence-electron chi connectivity index (χ4n) is 2.66. The Bertz CT molecular complexity index is 863. The minimum absolute atomic E-state index is 0.176. The lowest BCUT2D eigenvalue weighted by Gasteiger charge is -2.13. The van der Waals surface area contributed by atoms with Gasteiger partial charge in [-0.3, -0.25) is 4.79 Å². The molecular formula is C18H22N4O2. The molecule has 1 amide bonds. The van der Waals surface area contributed by atoms with Gasteiger partial charge in [-0.25, -0.2) is 4.98 Å². The Hall–Kier alpha value is -2.63. The first-order valence-electron chi connectivity index (χ1n) is 8.08. The van der Waals surface area contributed by atoms with Crippen LogP contribution in [0, 0.1) is 12.8 Å². The molecule has 0 aliphatic carbocycles. The molecule has 0 spiro atoms. The van der Waals surface area contributed by atoms with E-state index in [0.717, 1.165) is 29.0 Å². The van der Waals surface area contributed by atoms with E-state index in [0.29, 0.717) is 18.2 Å². The third-order valence-corrected chi connectivity index (χ3v) is 3.81. The number of hydrogen-bond acceptors (Lipinski definition) is 4. The number of aromatic nitrogens is 3. The van der Waals surface area contributed by atoms with Gasteiger partial charge in [0.15, 0.2) is 5.69 Å². The number of fused-ring (bicyclic) bond motifs is 1. The van der Waals surface area contributed by atoms with Crippen LogP contribution < -0.4 is 0 Å². The second-order valence-corrected chi connectivity index (χ2v) is 6.64. The van der Waals surface area contributed by atoms with E-state index in [1.54, 1.807) is 18.0 Å². The van der Waals surface area contributed by atoms with Gasteiger partial charge in [0.1, 0.15) is 11.6 Å². The molecule has 0 saturated carbocycles. The fourth-order valence-corrected chi connectivity index (χ4v) is 2.66. The number of H-pyrrole nitrogens is 1. The Labute approximate surface area is 140 Å². The fraction of sp³-hybridized carbons (Fsp3) is 0.389. The number of nitrogens with one attached hydrogen (secondary N) is 1. The van der Waals surface area contributed by atoms with E-state index in [1.165, 1.54) is 5.56 Å². The summed E-state index contributed by atoms with van der Waals surface area (Å²) in [6, 6.07) is 7.76. The number of aromatic amines is 1. The number of nitrogens with zero attached hydrogens (tertiary/aromatic N) is 3. The Kier molecular flexibility index (Phi) is 4.38. The monoisotopic (exact) mass is 326 g/mol. The van der Waals surface area contributed by atoms with Gasteiger partial charge < -0.3 is 14.4 Å². The maximum atomic E-state index is 12.5. The standard InChI is InChI=1S/C18H22N4O2/c1-11(2)7-13-9-16(21-24-13)18(23)22(4)10-17-19-14-6-5-12(3)8-15(14)20-17/h5-6,8-9,11H,7,10H2,1-4H3,(H,19,20). The summed E-state index contributed by atoms with van der Waals surface area (Å²) in [4.78, 5) is 21.8. The van der Waals surface area contributed by atoms with E-state index in [9.17, 15) is 4.79 Å². The molecule has 126 valence electrons. The molecule has 6 heteroatoms. The van der Waals surface area contributed by atoms with Crippen molar-refractivity contribution < 1.29 is 9.32 Å². The van der Waals surface area contributed by atoms with Crippen molar-refractivity contribution in [3.8, 4) is 0 Å². The maximum Gasteiger partial charge on any atom is 0.276 e. The first kappa shape index (κ1) is 16.2. The summed E-state index contributed by atoms with van der Waals surface area (Å²) in [6.07, 6.45) is 0.771. The van der Waals surface area contributed by atoms with Gasteiger partial charge in [0, 0.05) is 19.5 Å². The van der Waals surface area contributed by atoms with Gasteiger partial charge in [-0.1, -0.05) is 25.1 Å². The molecule has 2 heterocycles. The highest BCUT2D eigenvalue weighted by atomic mass is 16.5. The number of carbonyl (C=O) groups is 1. The quantitative estimate of drug-likeness (QED) is 0.780. The van der Waals surface area contributed by atoms with Gasteiger partial charge >= 0.3 is 0 Å². The van der Waals surface area contributed by atoms with Gasteiger partial charge in [-0.05, 0) is 30.5 Å². The van der Waals surface area contributed by atoms with Crippen molar-refractivity contribution in [2.75, 3.05) is 7.05 Å². The lowest BCUT2D eigenvalue weighted by molar-refractivity contribution is 0.0771. The number of carbonyl (C=O) groups excluding carboxylic acids is 1. The highest BCUT2D eigenvalue weighted by Gasteiger charge is 2.18. The van der Waals surface area contributed by atoms with E-state index in [4.69, 9.17) is 4.52 Å². The summed E-state index contributed by atoms with van der Waals surface area (Å²) >= 11 is 0. The molecule has 1 N–H and O–H groups in total. The summed E-state index contributed by atoms with van der Waals surface area (Å²) in [6.45, 7) is 6.62. The number of imidazole rings is 1. The van der Waals surface area contributed by atoms with E-state index >= 15 is 0 Å². The van der Waals surface area contributed by atoms with Gasteiger partial charge in [-0.15, -0.1) is 0 Å². The van der Waals surface area contributed by atoms with E-state index in [1.807, 2.05) is 25.1 Å². The third kappa shape index (κ3) is 3.48. The van der Waals surface area contributed by atoms with E-state index in [2.05, 4.69) is 29.0 Å². The first-order chi connectivity index (χ1) is 11.4. The molecule has 3 rings (SSSR count). The number of aryl methyl sites for hydroxylation is 1. The van der Waals surface area contributed by atoms with Crippen LogP contribution in [0.2, 0.25) is 0 Å².